The van der Waals surface area contributed by atoms with Crippen LogP contribution in [0.25, 0.3) is 0 Å². The largest absolute Gasteiger partial charge is 0.337 e. The molecule has 0 spiro atoms. The van der Waals surface area contributed by atoms with E-state index in [-0.39, 0.29) is 11.8 Å². The first kappa shape index (κ1) is 19.2. The van der Waals surface area contributed by atoms with Gasteiger partial charge in [0, 0.05) is 30.3 Å². The van der Waals surface area contributed by atoms with Gasteiger partial charge in [-0.2, -0.15) is 5.26 Å². The molecule has 0 bridgehead atoms. The van der Waals surface area contributed by atoms with Crippen molar-refractivity contribution in [2.24, 2.45) is 5.41 Å². The Hall–Kier alpha value is -3.13. The van der Waals surface area contributed by atoms with E-state index in [0.29, 0.717) is 23.4 Å². The topological polar surface area (TPSA) is 73.2 Å². The smallest absolute Gasteiger partial charge is 0.253 e. The number of anilines is 1. The van der Waals surface area contributed by atoms with Crippen LogP contribution in [-0.2, 0) is 11.3 Å². The van der Waals surface area contributed by atoms with Crippen LogP contribution in [0.3, 0.4) is 0 Å². The molecule has 1 N–H and O–H groups in total. The van der Waals surface area contributed by atoms with Crippen molar-refractivity contribution in [2.75, 3.05) is 12.4 Å². The summed E-state index contributed by atoms with van der Waals surface area (Å²) in [5.41, 5.74) is 2.13. The highest BCUT2D eigenvalue weighted by Crippen LogP contribution is 2.19. The van der Waals surface area contributed by atoms with Crippen LogP contribution in [-0.4, -0.2) is 23.8 Å². The first-order valence-corrected chi connectivity index (χ1v) is 8.37. The standard InChI is InChI=1S/C21H23N3O2/c1-21(2,3)20(26)23-18-7-5-6-17(12-18)19(25)24(4)14-16-10-8-15(13-22)9-11-16/h5-12H,14H2,1-4H3,(H,23,26). The van der Waals surface area contributed by atoms with E-state index >= 15 is 0 Å². The molecule has 2 amide bonds. The van der Waals surface area contributed by atoms with Crippen molar-refractivity contribution in [3.63, 3.8) is 0 Å². The number of nitrogens with one attached hydrogen (secondary N) is 1. The molecule has 5 heteroatoms. The van der Waals surface area contributed by atoms with Gasteiger partial charge >= 0.3 is 0 Å². The Kier molecular flexibility index (Phi) is 5.78. The van der Waals surface area contributed by atoms with E-state index in [0.717, 1.165) is 5.56 Å². The van der Waals surface area contributed by atoms with Gasteiger partial charge in [-0.05, 0) is 35.9 Å². The summed E-state index contributed by atoms with van der Waals surface area (Å²) in [5.74, 6) is -0.241. The van der Waals surface area contributed by atoms with E-state index in [2.05, 4.69) is 11.4 Å². The predicted octanol–water partition coefficient (Wildman–Crippen LogP) is 3.82. The second kappa shape index (κ2) is 7.83. The predicted molar refractivity (Wildman–Crippen MR) is 101 cm³/mol. The summed E-state index contributed by atoms with van der Waals surface area (Å²) < 4.78 is 0. The van der Waals surface area contributed by atoms with Crippen LogP contribution >= 0.6 is 0 Å². The van der Waals surface area contributed by atoms with Gasteiger partial charge in [-0.3, -0.25) is 9.59 Å². The van der Waals surface area contributed by atoms with Crippen molar-refractivity contribution in [1.29, 1.82) is 5.26 Å². The molecule has 0 heterocycles. The highest BCUT2D eigenvalue weighted by atomic mass is 16.2. The number of carbonyl (C=O) groups excluding carboxylic acids is 2. The minimum absolute atomic E-state index is 0.104. The van der Waals surface area contributed by atoms with Crippen LogP contribution in [0.4, 0.5) is 5.69 Å². The van der Waals surface area contributed by atoms with Gasteiger partial charge in [-0.25, -0.2) is 0 Å². The van der Waals surface area contributed by atoms with E-state index in [1.54, 1.807) is 48.3 Å². The Labute approximate surface area is 154 Å². The van der Waals surface area contributed by atoms with Gasteiger partial charge in [0.2, 0.25) is 5.91 Å². The lowest BCUT2D eigenvalue weighted by molar-refractivity contribution is -0.123. The van der Waals surface area contributed by atoms with E-state index < -0.39 is 5.41 Å². The molecule has 2 aromatic rings. The first-order valence-electron chi connectivity index (χ1n) is 8.37. The molecule has 5 nitrogen and oxygen atoms in total. The Morgan fingerprint density at radius 3 is 2.35 bits per heavy atom. The molecule has 134 valence electrons. The fourth-order valence-corrected chi connectivity index (χ4v) is 2.30. The van der Waals surface area contributed by atoms with Gasteiger partial charge in [-0.15, -0.1) is 0 Å². The van der Waals surface area contributed by atoms with Crippen LogP contribution in [0.15, 0.2) is 48.5 Å². The van der Waals surface area contributed by atoms with Crippen molar-refractivity contribution >= 4 is 17.5 Å². The molecule has 0 atom stereocenters. The molecule has 0 aliphatic heterocycles. The summed E-state index contributed by atoms with van der Waals surface area (Å²) >= 11 is 0. The SMILES string of the molecule is CN(Cc1ccc(C#N)cc1)C(=O)c1cccc(NC(=O)C(C)(C)C)c1. The second-order valence-corrected chi connectivity index (χ2v) is 7.25. The Morgan fingerprint density at radius 1 is 1.12 bits per heavy atom. The monoisotopic (exact) mass is 349 g/mol. The van der Waals surface area contributed by atoms with Gasteiger partial charge in [0.05, 0.1) is 11.6 Å². The average Bonchev–Trinajstić information content (AvgIpc) is 2.61. The number of rotatable bonds is 4. The van der Waals surface area contributed by atoms with Gasteiger partial charge in [0.15, 0.2) is 0 Å². The van der Waals surface area contributed by atoms with Crippen LogP contribution in [0.1, 0.15) is 42.3 Å². The average molecular weight is 349 g/mol. The van der Waals surface area contributed by atoms with Crippen molar-refractivity contribution in [3.8, 4) is 6.07 Å². The number of nitrogens with zero attached hydrogens (tertiary/aromatic N) is 2. The fraction of sp³-hybridized carbons (Fsp3) is 0.286. The molecular weight excluding hydrogens is 326 g/mol. The van der Waals surface area contributed by atoms with E-state index in [9.17, 15) is 9.59 Å². The third-order valence-corrected chi connectivity index (χ3v) is 3.90. The van der Waals surface area contributed by atoms with Crippen molar-refractivity contribution in [1.82, 2.24) is 4.90 Å². The Bertz CT molecular complexity index is 843. The lowest BCUT2D eigenvalue weighted by Crippen LogP contribution is -2.28. The lowest BCUT2D eigenvalue weighted by Gasteiger charge is -2.19. The summed E-state index contributed by atoms with van der Waals surface area (Å²) in [6, 6.07) is 16.1. The van der Waals surface area contributed by atoms with Crippen molar-refractivity contribution < 1.29 is 9.59 Å². The number of amides is 2. The molecule has 0 unspecified atom stereocenters. The minimum Gasteiger partial charge on any atom is -0.337 e. The van der Waals surface area contributed by atoms with Gasteiger partial charge in [-0.1, -0.05) is 39.0 Å². The number of hydrogen-bond donors (Lipinski definition) is 1. The molecular formula is C21H23N3O2. The van der Waals surface area contributed by atoms with Crippen LogP contribution in [0.2, 0.25) is 0 Å². The maximum Gasteiger partial charge on any atom is 0.253 e. The Balaban J connectivity index is 2.09. The number of carbonyl (C=O) groups is 2. The maximum absolute atomic E-state index is 12.7. The first-order chi connectivity index (χ1) is 12.2. The van der Waals surface area contributed by atoms with E-state index in [4.69, 9.17) is 5.26 Å². The van der Waals surface area contributed by atoms with E-state index in [1.165, 1.54) is 0 Å². The molecule has 0 radical (unpaired) electrons. The molecule has 2 aromatic carbocycles. The molecule has 0 aliphatic rings. The lowest BCUT2D eigenvalue weighted by atomic mass is 9.95. The summed E-state index contributed by atoms with van der Waals surface area (Å²) in [6.07, 6.45) is 0. The second-order valence-electron chi connectivity index (χ2n) is 7.25. The normalized spacial score (nSPS) is 10.7. The quantitative estimate of drug-likeness (QED) is 0.912. The number of benzene rings is 2. The summed E-state index contributed by atoms with van der Waals surface area (Å²) in [4.78, 5) is 26.4. The minimum atomic E-state index is -0.508. The summed E-state index contributed by atoms with van der Waals surface area (Å²) in [7, 11) is 1.72. The van der Waals surface area contributed by atoms with Gasteiger partial charge < -0.3 is 10.2 Å². The molecule has 0 aliphatic carbocycles. The van der Waals surface area contributed by atoms with Crippen molar-refractivity contribution in [2.45, 2.75) is 27.3 Å². The summed E-state index contributed by atoms with van der Waals surface area (Å²) in [5, 5.41) is 11.7. The van der Waals surface area contributed by atoms with Crippen LogP contribution in [0.5, 0.6) is 0 Å². The maximum atomic E-state index is 12.7. The molecule has 0 aromatic heterocycles. The van der Waals surface area contributed by atoms with Gasteiger partial charge in [0.1, 0.15) is 0 Å². The molecule has 0 fully saturated rings. The van der Waals surface area contributed by atoms with E-state index in [1.807, 2.05) is 32.9 Å². The highest BCUT2D eigenvalue weighted by molar-refractivity contribution is 5.98. The zero-order valence-electron chi connectivity index (χ0n) is 15.5. The molecule has 2 rings (SSSR count). The highest BCUT2D eigenvalue weighted by Gasteiger charge is 2.21. The third-order valence-electron chi connectivity index (χ3n) is 3.90. The van der Waals surface area contributed by atoms with Crippen LogP contribution < -0.4 is 5.32 Å². The Morgan fingerprint density at radius 2 is 1.77 bits per heavy atom. The molecule has 0 saturated heterocycles. The fourth-order valence-electron chi connectivity index (χ4n) is 2.30. The third kappa shape index (κ3) is 4.93. The number of hydrogen-bond acceptors (Lipinski definition) is 3. The molecule has 0 saturated carbocycles. The zero-order chi connectivity index (χ0) is 19.3. The number of nitriles is 1. The molecule has 26 heavy (non-hydrogen) atoms. The van der Waals surface area contributed by atoms with Gasteiger partial charge in [0.25, 0.3) is 5.91 Å². The van der Waals surface area contributed by atoms with Crippen molar-refractivity contribution in [3.05, 3.63) is 65.2 Å². The van der Waals surface area contributed by atoms with Crippen LogP contribution in [0, 0.1) is 16.7 Å². The zero-order valence-corrected chi connectivity index (χ0v) is 15.5. The summed E-state index contributed by atoms with van der Waals surface area (Å²) in [6.45, 7) is 5.94.